The molecule has 24 heavy (non-hydrogen) atoms. The number of carbonyl (C=O) groups excluding carboxylic acids is 1. The second kappa shape index (κ2) is 6.41. The topological polar surface area (TPSA) is 151 Å². The number of ether oxygens (including phenoxy) is 2. The number of amides is 1. The van der Waals surface area contributed by atoms with Crippen molar-refractivity contribution in [2.75, 3.05) is 19.5 Å². The van der Waals surface area contributed by atoms with Crippen molar-refractivity contribution in [3.8, 4) is 11.8 Å². The van der Waals surface area contributed by atoms with E-state index < -0.39 is 21.0 Å². The Labute approximate surface area is 137 Å². The maximum atomic E-state index is 12.5. The van der Waals surface area contributed by atoms with E-state index in [-0.39, 0.29) is 29.0 Å². The highest BCUT2D eigenvalue weighted by molar-refractivity contribution is 7.89. The first-order valence-electron chi connectivity index (χ1n) is 6.52. The van der Waals surface area contributed by atoms with E-state index in [0.29, 0.717) is 0 Å². The second-order valence-corrected chi connectivity index (χ2v) is 6.14. The fourth-order valence-corrected chi connectivity index (χ4v) is 2.99. The quantitative estimate of drug-likeness (QED) is 0.723. The lowest BCUT2D eigenvalue weighted by Crippen LogP contribution is -2.23. The molecule has 2 heterocycles. The van der Waals surface area contributed by atoms with Crippen LogP contribution in [-0.4, -0.2) is 48.3 Å². The first kappa shape index (κ1) is 17.6. The zero-order chi connectivity index (χ0) is 18.1. The van der Waals surface area contributed by atoms with Crippen LogP contribution in [-0.2, 0) is 17.1 Å². The molecule has 0 fully saturated rings. The van der Waals surface area contributed by atoms with Gasteiger partial charge in [-0.25, -0.2) is 13.6 Å². The molecule has 0 unspecified atom stereocenters. The Bertz CT molecular complexity index is 869. The highest BCUT2D eigenvalue weighted by Crippen LogP contribution is 2.21. The number of rotatable bonds is 5. The molecule has 0 aliphatic heterocycles. The zero-order valence-corrected chi connectivity index (χ0v) is 14.2. The second-order valence-electron chi connectivity index (χ2n) is 4.66. The summed E-state index contributed by atoms with van der Waals surface area (Å²) in [5.74, 6) is -0.585. The lowest BCUT2D eigenvalue weighted by molar-refractivity contribution is 0.102. The fourth-order valence-electron chi connectivity index (χ4n) is 2.06. The average molecular weight is 356 g/mol. The largest absolute Gasteiger partial charge is 0.481 e. The first-order chi connectivity index (χ1) is 11.2. The van der Waals surface area contributed by atoms with Crippen LogP contribution >= 0.6 is 0 Å². The van der Waals surface area contributed by atoms with Crippen molar-refractivity contribution in [2.24, 2.45) is 12.2 Å². The number of nitrogens with zero attached hydrogens (tertiary/aromatic N) is 4. The van der Waals surface area contributed by atoms with Crippen LogP contribution in [0.25, 0.3) is 0 Å². The molecule has 11 nitrogen and oxygen atoms in total. The van der Waals surface area contributed by atoms with E-state index in [1.54, 1.807) is 0 Å². The van der Waals surface area contributed by atoms with Crippen LogP contribution in [0, 0.1) is 6.92 Å². The predicted octanol–water partition coefficient (Wildman–Crippen LogP) is -0.565. The minimum absolute atomic E-state index is 0.125. The van der Waals surface area contributed by atoms with Crippen molar-refractivity contribution < 1.29 is 22.7 Å². The van der Waals surface area contributed by atoms with Gasteiger partial charge in [-0.1, -0.05) is 0 Å². The SMILES string of the molecule is COc1cc(OC)nc(NC(=O)c2c(C)nn(C)c2S(N)(=O)=O)n1. The predicted molar refractivity (Wildman–Crippen MR) is 82.4 cm³/mol. The lowest BCUT2D eigenvalue weighted by Gasteiger charge is -2.08. The molecule has 2 aromatic rings. The molecule has 2 aromatic heterocycles. The van der Waals surface area contributed by atoms with Gasteiger partial charge in [0.2, 0.25) is 17.7 Å². The summed E-state index contributed by atoms with van der Waals surface area (Å²) in [6, 6.07) is 1.42. The van der Waals surface area contributed by atoms with E-state index in [1.807, 2.05) is 0 Å². The monoisotopic (exact) mass is 356 g/mol. The van der Waals surface area contributed by atoms with Crippen LogP contribution in [0.5, 0.6) is 11.8 Å². The van der Waals surface area contributed by atoms with Gasteiger partial charge in [0.15, 0.2) is 5.03 Å². The molecule has 0 saturated carbocycles. The summed E-state index contributed by atoms with van der Waals surface area (Å²) in [5.41, 5.74) is -0.000673. The van der Waals surface area contributed by atoms with Crippen molar-refractivity contribution in [3.05, 3.63) is 17.3 Å². The van der Waals surface area contributed by atoms with E-state index in [1.165, 1.54) is 34.3 Å². The molecule has 2 rings (SSSR count). The molecule has 0 bridgehead atoms. The normalized spacial score (nSPS) is 11.2. The number of aromatic nitrogens is 4. The maximum absolute atomic E-state index is 12.5. The molecular weight excluding hydrogens is 340 g/mol. The van der Waals surface area contributed by atoms with Crippen LogP contribution in [0.4, 0.5) is 5.95 Å². The van der Waals surface area contributed by atoms with Crippen LogP contribution in [0.15, 0.2) is 11.1 Å². The standard InChI is InChI=1S/C12H16N6O5S/c1-6-9(11(18(2)17-6)24(13,20)21)10(19)16-12-14-7(22-3)5-8(15-12)23-4/h5H,1-4H3,(H2,13,20,21)(H,14,15,16,19). The van der Waals surface area contributed by atoms with Crippen molar-refractivity contribution in [2.45, 2.75) is 11.9 Å². The summed E-state index contributed by atoms with van der Waals surface area (Å²) < 4.78 is 34.4. The van der Waals surface area contributed by atoms with Crippen LogP contribution < -0.4 is 19.9 Å². The molecule has 0 aliphatic carbocycles. The van der Waals surface area contributed by atoms with Gasteiger partial charge in [0.1, 0.15) is 5.56 Å². The van der Waals surface area contributed by atoms with Gasteiger partial charge in [-0.3, -0.25) is 14.8 Å². The molecule has 0 radical (unpaired) electrons. The van der Waals surface area contributed by atoms with E-state index in [9.17, 15) is 13.2 Å². The number of primary sulfonamides is 1. The smallest absolute Gasteiger partial charge is 0.262 e. The van der Waals surface area contributed by atoms with Crippen molar-refractivity contribution >= 4 is 21.9 Å². The van der Waals surface area contributed by atoms with Gasteiger partial charge in [0, 0.05) is 7.05 Å². The van der Waals surface area contributed by atoms with Crippen molar-refractivity contribution in [1.29, 1.82) is 0 Å². The molecule has 0 atom stereocenters. The number of anilines is 1. The Kier molecular flexibility index (Phi) is 4.71. The van der Waals surface area contributed by atoms with Crippen LogP contribution in [0.2, 0.25) is 0 Å². The maximum Gasteiger partial charge on any atom is 0.262 e. The van der Waals surface area contributed by atoms with Gasteiger partial charge in [0.05, 0.1) is 26.0 Å². The summed E-state index contributed by atoms with van der Waals surface area (Å²) in [5, 5.41) is 11.0. The van der Waals surface area contributed by atoms with Gasteiger partial charge in [0.25, 0.3) is 15.9 Å². The highest BCUT2D eigenvalue weighted by Gasteiger charge is 2.28. The van der Waals surface area contributed by atoms with Crippen molar-refractivity contribution in [3.63, 3.8) is 0 Å². The summed E-state index contributed by atoms with van der Waals surface area (Å²) in [6.45, 7) is 1.48. The Balaban J connectivity index is 2.45. The minimum Gasteiger partial charge on any atom is -0.481 e. The molecule has 3 N–H and O–H groups in total. The minimum atomic E-state index is -4.16. The number of hydrogen-bond acceptors (Lipinski definition) is 8. The molecule has 1 amide bonds. The number of sulfonamides is 1. The molecule has 0 saturated heterocycles. The number of aryl methyl sites for hydroxylation is 2. The fraction of sp³-hybridized carbons (Fsp3) is 0.333. The number of carbonyl (C=O) groups is 1. The average Bonchev–Trinajstić information content (AvgIpc) is 2.81. The lowest BCUT2D eigenvalue weighted by atomic mass is 10.2. The molecule has 0 spiro atoms. The van der Waals surface area contributed by atoms with E-state index in [4.69, 9.17) is 14.6 Å². The number of nitrogens with two attached hydrogens (primary N) is 1. The highest BCUT2D eigenvalue weighted by atomic mass is 32.2. The van der Waals surface area contributed by atoms with Crippen LogP contribution in [0.1, 0.15) is 16.1 Å². The molecule has 0 aromatic carbocycles. The van der Waals surface area contributed by atoms with Gasteiger partial charge in [-0.2, -0.15) is 15.1 Å². The first-order valence-corrected chi connectivity index (χ1v) is 8.06. The Morgan fingerprint density at radius 3 is 2.25 bits per heavy atom. The van der Waals surface area contributed by atoms with Gasteiger partial charge in [-0.05, 0) is 6.92 Å². The third-order valence-corrected chi connectivity index (χ3v) is 4.00. The molecule has 0 aliphatic rings. The van der Waals surface area contributed by atoms with Gasteiger partial charge < -0.3 is 9.47 Å². The molecule has 130 valence electrons. The summed E-state index contributed by atoms with van der Waals surface area (Å²) in [6.07, 6.45) is 0. The summed E-state index contributed by atoms with van der Waals surface area (Å²) in [4.78, 5) is 20.3. The summed E-state index contributed by atoms with van der Waals surface area (Å²) >= 11 is 0. The van der Waals surface area contributed by atoms with Gasteiger partial charge in [-0.15, -0.1) is 0 Å². The Hall–Kier alpha value is -2.73. The zero-order valence-electron chi connectivity index (χ0n) is 13.4. The number of hydrogen-bond donors (Lipinski definition) is 2. The van der Waals surface area contributed by atoms with Crippen molar-refractivity contribution in [1.82, 2.24) is 19.7 Å². The van der Waals surface area contributed by atoms with E-state index in [2.05, 4.69) is 20.4 Å². The molecule has 12 heteroatoms. The third-order valence-electron chi connectivity index (χ3n) is 2.99. The molecular formula is C12H16N6O5S. The number of nitrogens with one attached hydrogen (secondary N) is 1. The van der Waals surface area contributed by atoms with E-state index in [0.717, 1.165) is 4.68 Å². The number of methoxy groups -OCH3 is 2. The van der Waals surface area contributed by atoms with Crippen LogP contribution in [0.3, 0.4) is 0 Å². The van der Waals surface area contributed by atoms with Gasteiger partial charge >= 0.3 is 0 Å². The summed E-state index contributed by atoms with van der Waals surface area (Å²) in [7, 11) is -0.0139. The third kappa shape index (κ3) is 3.44. The Morgan fingerprint density at radius 1 is 1.25 bits per heavy atom. The van der Waals surface area contributed by atoms with E-state index >= 15 is 0 Å². The Morgan fingerprint density at radius 2 is 1.79 bits per heavy atom.